The fourth-order valence-electron chi connectivity index (χ4n) is 1.82. The van der Waals surface area contributed by atoms with Crippen LogP contribution in [0.25, 0.3) is 22.3 Å². The predicted molar refractivity (Wildman–Crippen MR) is 66.9 cm³/mol. The van der Waals surface area contributed by atoms with Gasteiger partial charge in [-0.2, -0.15) is 0 Å². The van der Waals surface area contributed by atoms with Crippen LogP contribution in [0.5, 0.6) is 0 Å². The quantitative estimate of drug-likeness (QED) is 0.716. The molecule has 0 amide bonds. The van der Waals surface area contributed by atoms with Gasteiger partial charge in [0, 0.05) is 29.5 Å². The van der Waals surface area contributed by atoms with Gasteiger partial charge in [0.25, 0.3) is 0 Å². The molecule has 0 bridgehead atoms. The maximum atomic E-state index is 6.19. The van der Waals surface area contributed by atoms with Crippen LogP contribution in [0.3, 0.4) is 0 Å². The zero-order valence-electron chi connectivity index (χ0n) is 9.11. The molecule has 3 aromatic heterocycles. The summed E-state index contributed by atoms with van der Waals surface area (Å²) in [5.74, 6) is 0.733. The number of aromatic nitrogens is 4. The lowest BCUT2D eigenvalue weighted by atomic mass is 10.1. The number of halogens is 1. The summed E-state index contributed by atoms with van der Waals surface area (Å²) in [6, 6.07) is 3.63. The zero-order valence-corrected chi connectivity index (χ0v) is 9.86. The number of nitrogens with zero attached hydrogens (tertiary/aromatic N) is 3. The van der Waals surface area contributed by atoms with E-state index in [4.69, 9.17) is 11.6 Å². The minimum absolute atomic E-state index is 0.669. The second-order valence-corrected chi connectivity index (χ2v) is 4.12. The number of pyridine rings is 1. The summed E-state index contributed by atoms with van der Waals surface area (Å²) in [4.78, 5) is 15.8. The first-order valence-corrected chi connectivity index (χ1v) is 5.55. The van der Waals surface area contributed by atoms with Gasteiger partial charge in [0.1, 0.15) is 11.5 Å². The van der Waals surface area contributed by atoms with Crippen LogP contribution in [0.1, 0.15) is 5.82 Å². The average molecular weight is 245 g/mol. The molecule has 0 saturated carbocycles. The van der Waals surface area contributed by atoms with Crippen LogP contribution in [-0.4, -0.2) is 19.9 Å². The van der Waals surface area contributed by atoms with Gasteiger partial charge >= 0.3 is 0 Å². The molecule has 0 spiro atoms. The summed E-state index contributed by atoms with van der Waals surface area (Å²) in [7, 11) is 0. The predicted octanol–water partition coefficient (Wildman–Crippen LogP) is 2.98. The lowest BCUT2D eigenvalue weighted by molar-refractivity contribution is 1.06. The third-order valence-electron chi connectivity index (χ3n) is 2.57. The molecule has 0 radical (unpaired) electrons. The Bertz CT molecular complexity index is 690. The summed E-state index contributed by atoms with van der Waals surface area (Å²) in [5.41, 5.74) is 2.56. The number of hydrogen-bond acceptors (Lipinski definition) is 3. The van der Waals surface area contributed by atoms with Crippen molar-refractivity contribution >= 4 is 22.6 Å². The number of fused-ring (bicyclic) bond motifs is 1. The van der Waals surface area contributed by atoms with Crippen molar-refractivity contribution in [2.45, 2.75) is 6.92 Å². The van der Waals surface area contributed by atoms with Crippen LogP contribution in [-0.2, 0) is 0 Å². The van der Waals surface area contributed by atoms with Crippen molar-refractivity contribution in [3.05, 3.63) is 41.6 Å². The Morgan fingerprint density at radius 1 is 1.18 bits per heavy atom. The molecule has 17 heavy (non-hydrogen) atoms. The molecule has 84 valence electrons. The first-order valence-electron chi connectivity index (χ1n) is 5.17. The Balaban J connectivity index is 2.31. The van der Waals surface area contributed by atoms with Gasteiger partial charge < -0.3 is 4.98 Å². The minimum Gasteiger partial charge on any atom is -0.345 e. The van der Waals surface area contributed by atoms with Gasteiger partial charge in [-0.3, -0.25) is 0 Å². The Morgan fingerprint density at radius 3 is 2.82 bits per heavy atom. The van der Waals surface area contributed by atoms with Crippen LogP contribution in [0.2, 0.25) is 5.02 Å². The Morgan fingerprint density at radius 2 is 2.00 bits per heavy atom. The van der Waals surface area contributed by atoms with Gasteiger partial charge in [0.15, 0.2) is 0 Å². The fourth-order valence-corrected chi connectivity index (χ4v) is 2.07. The van der Waals surface area contributed by atoms with E-state index in [1.54, 1.807) is 18.5 Å². The summed E-state index contributed by atoms with van der Waals surface area (Å²) in [6.45, 7) is 1.86. The van der Waals surface area contributed by atoms with E-state index in [-0.39, 0.29) is 0 Å². The molecule has 5 heteroatoms. The molecule has 3 aromatic rings. The highest BCUT2D eigenvalue weighted by molar-refractivity contribution is 6.36. The number of rotatable bonds is 1. The van der Waals surface area contributed by atoms with E-state index >= 15 is 0 Å². The second-order valence-electron chi connectivity index (χ2n) is 3.71. The van der Waals surface area contributed by atoms with Gasteiger partial charge in [-0.05, 0) is 19.1 Å². The molecule has 0 fully saturated rings. The van der Waals surface area contributed by atoms with Gasteiger partial charge in [-0.15, -0.1) is 0 Å². The van der Waals surface area contributed by atoms with E-state index < -0.39 is 0 Å². The van der Waals surface area contributed by atoms with E-state index in [9.17, 15) is 0 Å². The SMILES string of the molecule is Cc1nccc(-c2c[nH]c3nccc(Cl)c23)n1. The molecule has 0 aliphatic heterocycles. The molecule has 3 rings (SSSR count). The molecule has 3 heterocycles. The number of aryl methyl sites for hydroxylation is 1. The third-order valence-corrected chi connectivity index (χ3v) is 2.89. The van der Waals surface area contributed by atoms with E-state index in [2.05, 4.69) is 19.9 Å². The summed E-state index contributed by atoms with van der Waals surface area (Å²) in [5, 5.41) is 1.56. The first kappa shape index (κ1) is 10.2. The molecule has 0 aromatic carbocycles. The van der Waals surface area contributed by atoms with Crippen molar-refractivity contribution < 1.29 is 0 Å². The highest BCUT2D eigenvalue weighted by Crippen LogP contribution is 2.31. The van der Waals surface area contributed by atoms with Crippen molar-refractivity contribution in [3.8, 4) is 11.3 Å². The maximum absolute atomic E-state index is 6.19. The van der Waals surface area contributed by atoms with Gasteiger partial charge in [-0.1, -0.05) is 11.6 Å². The number of hydrogen-bond donors (Lipinski definition) is 1. The smallest absolute Gasteiger partial charge is 0.139 e. The average Bonchev–Trinajstić information content (AvgIpc) is 2.74. The van der Waals surface area contributed by atoms with Crippen molar-refractivity contribution in [2.75, 3.05) is 0 Å². The second kappa shape index (κ2) is 3.82. The van der Waals surface area contributed by atoms with E-state index in [1.165, 1.54) is 0 Å². The Labute approximate surface area is 103 Å². The van der Waals surface area contributed by atoms with Crippen LogP contribution in [0, 0.1) is 6.92 Å². The Kier molecular flexibility index (Phi) is 2.30. The summed E-state index contributed by atoms with van der Waals surface area (Å²) < 4.78 is 0. The summed E-state index contributed by atoms with van der Waals surface area (Å²) >= 11 is 6.19. The number of nitrogens with one attached hydrogen (secondary N) is 1. The third kappa shape index (κ3) is 1.66. The maximum Gasteiger partial charge on any atom is 0.139 e. The summed E-state index contributed by atoms with van der Waals surface area (Å²) in [6.07, 6.45) is 5.28. The molecule has 0 unspecified atom stereocenters. The van der Waals surface area contributed by atoms with Gasteiger partial charge in [-0.25, -0.2) is 15.0 Å². The van der Waals surface area contributed by atoms with Crippen LogP contribution < -0.4 is 0 Å². The molecular weight excluding hydrogens is 236 g/mol. The van der Waals surface area contributed by atoms with E-state index in [0.29, 0.717) is 5.02 Å². The largest absolute Gasteiger partial charge is 0.345 e. The highest BCUT2D eigenvalue weighted by Gasteiger charge is 2.11. The molecule has 0 aliphatic rings. The standard InChI is InChI=1S/C12H9ClN4/c1-7-14-5-3-10(17-7)8-6-16-12-11(8)9(13)2-4-15-12/h2-6H,1H3,(H,15,16). The minimum atomic E-state index is 0.669. The lowest BCUT2D eigenvalue weighted by Crippen LogP contribution is -1.89. The zero-order chi connectivity index (χ0) is 11.8. The van der Waals surface area contributed by atoms with Crippen LogP contribution >= 0.6 is 11.6 Å². The van der Waals surface area contributed by atoms with Crippen LogP contribution in [0.4, 0.5) is 0 Å². The fraction of sp³-hybridized carbons (Fsp3) is 0.0833. The van der Waals surface area contributed by atoms with Crippen LogP contribution in [0.15, 0.2) is 30.7 Å². The Hall–Kier alpha value is -1.94. The molecule has 0 aliphatic carbocycles. The molecule has 0 saturated heterocycles. The number of aromatic amines is 1. The van der Waals surface area contributed by atoms with E-state index in [0.717, 1.165) is 28.1 Å². The highest BCUT2D eigenvalue weighted by atomic mass is 35.5. The van der Waals surface area contributed by atoms with Crippen molar-refractivity contribution in [2.24, 2.45) is 0 Å². The molecular formula is C12H9ClN4. The first-order chi connectivity index (χ1) is 8.25. The normalized spacial score (nSPS) is 10.9. The molecule has 1 N–H and O–H groups in total. The van der Waals surface area contributed by atoms with Crippen molar-refractivity contribution in [1.82, 2.24) is 19.9 Å². The van der Waals surface area contributed by atoms with Gasteiger partial charge in [0.2, 0.25) is 0 Å². The van der Waals surface area contributed by atoms with Crippen molar-refractivity contribution in [1.29, 1.82) is 0 Å². The molecule has 4 nitrogen and oxygen atoms in total. The van der Waals surface area contributed by atoms with Crippen molar-refractivity contribution in [3.63, 3.8) is 0 Å². The van der Waals surface area contributed by atoms with E-state index in [1.807, 2.05) is 19.2 Å². The topological polar surface area (TPSA) is 54.5 Å². The monoisotopic (exact) mass is 244 g/mol. The number of H-pyrrole nitrogens is 1. The van der Waals surface area contributed by atoms with Gasteiger partial charge in [0.05, 0.1) is 10.7 Å². The molecule has 0 atom stereocenters. The lowest BCUT2D eigenvalue weighted by Gasteiger charge is -2.00.